The molecule has 5 heteroatoms. The average Bonchev–Trinajstić information content (AvgIpc) is 2.91. The molecule has 0 amide bonds. The number of likely N-dealkylation sites (N-methyl/N-ethyl adjacent to an activating group) is 1. The van der Waals surface area contributed by atoms with Gasteiger partial charge >= 0.3 is 5.97 Å². The second-order valence-corrected chi connectivity index (χ2v) is 7.41. The van der Waals surface area contributed by atoms with Gasteiger partial charge in [-0.25, -0.2) is 0 Å². The monoisotopic (exact) mass is 297 g/mol. The van der Waals surface area contributed by atoms with Gasteiger partial charge in [-0.05, 0) is 47.1 Å². The highest BCUT2D eigenvalue weighted by Gasteiger charge is 2.47. The summed E-state index contributed by atoms with van der Waals surface area (Å²) < 4.78 is 5.00. The van der Waals surface area contributed by atoms with Gasteiger partial charge in [0, 0.05) is 37.8 Å². The Balaban J connectivity index is 1.93. The van der Waals surface area contributed by atoms with Crippen LogP contribution in [0, 0.1) is 0 Å². The van der Waals surface area contributed by atoms with E-state index in [1.807, 2.05) is 7.05 Å². The molecule has 0 spiro atoms. The number of nitrogens with zero attached hydrogens (tertiary/aromatic N) is 2. The van der Waals surface area contributed by atoms with Gasteiger partial charge in [0.15, 0.2) is 0 Å². The van der Waals surface area contributed by atoms with Crippen molar-refractivity contribution in [2.45, 2.75) is 57.2 Å². The minimum Gasteiger partial charge on any atom is -0.468 e. The summed E-state index contributed by atoms with van der Waals surface area (Å²) in [5, 5.41) is 3.22. The fraction of sp³-hybridized carbons (Fsp3) is 0.938. The zero-order valence-electron chi connectivity index (χ0n) is 14.2. The quantitative estimate of drug-likeness (QED) is 0.790. The molecule has 0 aromatic heterocycles. The van der Waals surface area contributed by atoms with E-state index in [2.05, 4.69) is 35.9 Å². The number of esters is 1. The number of piperazine rings is 1. The topological polar surface area (TPSA) is 44.8 Å². The molecular weight excluding hydrogens is 266 g/mol. The number of hydrogen-bond donors (Lipinski definition) is 1. The Morgan fingerprint density at radius 3 is 2.33 bits per heavy atom. The van der Waals surface area contributed by atoms with Crippen LogP contribution in [0.2, 0.25) is 0 Å². The standard InChI is InChI=1S/C16H31N3O2/c1-15(2,3)19-10-8-18(9-11-19)13-6-7-16(12-13,17-4)14(20)21-5/h13,17H,6-12H2,1-5H3. The van der Waals surface area contributed by atoms with Crippen LogP contribution in [0.1, 0.15) is 40.0 Å². The van der Waals surface area contributed by atoms with Gasteiger partial charge in [-0.2, -0.15) is 0 Å². The molecule has 1 saturated heterocycles. The van der Waals surface area contributed by atoms with Crippen molar-refractivity contribution in [1.82, 2.24) is 15.1 Å². The van der Waals surface area contributed by atoms with E-state index < -0.39 is 5.54 Å². The molecule has 2 atom stereocenters. The van der Waals surface area contributed by atoms with Crippen molar-refractivity contribution in [3.63, 3.8) is 0 Å². The van der Waals surface area contributed by atoms with Crippen LogP contribution in [0.4, 0.5) is 0 Å². The van der Waals surface area contributed by atoms with Crippen molar-refractivity contribution in [3.8, 4) is 0 Å². The molecule has 1 aliphatic heterocycles. The highest BCUT2D eigenvalue weighted by atomic mass is 16.5. The van der Waals surface area contributed by atoms with E-state index >= 15 is 0 Å². The lowest BCUT2D eigenvalue weighted by molar-refractivity contribution is -0.148. The zero-order chi connectivity index (χ0) is 15.7. The minimum atomic E-state index is -0.472. The molecule has 2 unspecified atom stereocenters. The molecule has 2 rings (SSSR count). The van der Waals surface area contributed by atoms with Crippen LogP contribution < -0.4 is 5.32 Å². The molecule has 5 nitrogen and oxygen atoms in total. The number of nitrogens with one attached hydrogen (secondary N) is 1. The van der Waals surface area contributed by atoms with Crippen molar-refractivity contribution in [2.24, 2.45) is 0 Å². The van der Waals surface area contributed by atoms with E-state index in [0.29, 0.717) is 6.04 Å². The van der Waals surface area contributed by atoms with Crippen LogP contribution in [0.25, 0.3) is 0 Å². The summed E-state index contributed by atoms with van der Waals surface area (Å²) in [5.41, 5.74) is -0.219. The molecule has 2 fully saturated rings. The lowest BCUT2D eigenvalue weighted by Gasteiger charge is -2.44. The first kappa shape index (κ1) is 16.7. The third-order valence-electron chi connectivity index (χ3n) is 5.32. The number of ether oxygens (including phenoxy) is 1. The number of rotatable bonds is 3. The Bertz CT molecular complexity index is 372. The van der Waals surface area contributed by atoms with E-state index in [9.17, 15) is 4.79 Å². The Kier molecular flexibility index (Phi) is 4.96. The van der Waals surface area contributed by atoms with Crippen LogP contribution in [0.3, 0.4) is 0 Å². The molecule has 0 bridgehead atoms. The van der Waals surface area contributed by atoms with Crippen molar-refractivity contribution in [1.29, 1.82) is 0 Å². The summed E-state index contributed by atoms with van der Waals surface area (Å²) in [4.78, 5) is 17.2. The zero-order valence-corrected chi connectivity index (χ0v) is 14.2. The molecule has 1 heterocycles. The van der Waals surface area contributed by atoms with Gasteiger partial charge in [0.1, 0.15) is 5.54 Å². The Labute approximate surface area is 129 Å². The molecule has 21 heavy (non-hydrogen) atoms. The summed E-state index contributed by atoms with van der Waals surface area (Å²) in [7, 11) is 3.35. The molecule has 1 saturated carbocycles. The van der Waals surface area contributed by atoms with Gasteiger partial charge in [0.25, 0.3) is 0 Å². The lowest BCUT2D eigenvalue weighted by atomic mass is 9.97. The van der Waals surface area contributed by atoms with E-state index in [-0.39, 0.29) is 11.5 Å². The maximum absolute atomic E-state index is 12.1. The molecule has 2 aliphatic rings. The van der Waals surface area contributed by atoms with Crippen LogP contribution in [0.5, 0.6) is 0 Å². The predicted octanol–water partition coefficient (Wildman–Crippen LogP) is 1.09. The first-order valence-electron chi connectivity index (χ1n) is 8.09. The van der Waals surface area contributed by atoms with Crippen molar-refractivity contribution < 1.29 is 9.53 Å². The summed E-state index contributed by atoms with van der Waals surface area (Å²) >= 11 is 0. The van der Waals surface area contributed by atoms with Crippen molar-refractivity contribution >= 4 is 5.97 Å². The number of carbonyl (C=O) groups excluding carboxylic acids is 1. The largest absolute Gasteiger partial charge is 0.468 e. The van der Waals surface area contributed by atoms with E-state index in [4.69, 9.17) is 4.74 Å². The van der Waals surface area contributed by atoms with E-state index in [1.54, 1.807) is 0 Å². The third kappa shape index (κ3) is 3.41. The molecule has 122 valence electrons. The number of carbonyl (C=O) groups is 1. The van der Waals surface area contributed by atoms with Gasteiger partial charge in [0.2, 0.25) is 0 Å². The fourth-order valence-corrected chi connectivity index (χ4v) is 3.80. The fourth-order valence-electron chi connectivity index (χ4n) is 3.80. The maximum Gasteiger partial charge on any atom is 0.326 e. The second kappa shape index (κ2) is 6.23. The molecule has 0 aromatic carbocycles. The maximum atomic E-state index is 12.1. The predicted molar refractivity (Wildman–Crippen MR) is 84.3 cm³/mol. The molecular formula is C16H31N3O2. The third-order valence-corrected chi connectivity index (χ3v) is 5.32. The minimum absolute atomic E-state index is 0.110. The van der Waals surface area contributed by atoms with Crippen LogP contribution in [-0.4, -0.2) is 73.2 Å². The van der Waals surface area contributed by atoms with Gasteiger partial charge < -0.3 is 10.1 Å². The SMILES string of the molecule is CNC1(C(=O)OC)CCC(N2CCN(C(C)(C)C)CC2)C1. The van der Waals surface area contributed by atoms with Gasteiger partial charge in [-0.3, -0.25) is 14.6 Å². The summed E-state index contributed by atoms with van der Waals surface area (Å²) in [6.07, 6.45) is 2.82. The summed E-state index contributed by atoms with van der Waals surface area (Å²) in [5.74, 6) is -0.110. The molecule has 0 radical (unpaired) electrons. The van der Waals surface area contributed by atoms with Crippen LogP contribution >= 0.6 is 0 Å². The normalized spacial score (nSPS) is 32.3. The highest BCUT2D eigenvalue weighted by Crippen LogP contribution is 2.34. The highest BCUT2D eigenvalue weighted by molar-refractivity contribution is 5.81. The second-order valence-electron chi connectivity index (χ2n) is 7.41. The molecule has 1 aliphatic carbocycles. The first-order chi connectivity index (χ1) is 9.82. The number of methoxy groups -OCH3 is 1. The van der Waals surface area contributed by atoms with E-state index in [1.165, 1.54) is 7.11 Å². The summed E-state index contributed by atoms with van der Waals surface area (Å²) in [6, 6.07) is 0.499. The Morgan fingerprint density at radius 1 is 1.24 bits per heavy atom. The summed E-state index contributed by atoms with van der Waals surface area (Å²) in [6.45, 7) is 11.3. The van der Waals surface area contributed by atoms with Crippen LogP contribution in [-0.2, 0) is 9.53 Å². The average molecular weight is 297 g/mol. The Hall–Kier alpha value is -0.650. The van der Waals surface area contributed by atoms with Crippen molar-refractivity contribution in [2.75, 3.05) is 40.3 Å². The van der Waals surface area contributed by atoms with Crippen LogP contribution in [0.15, 0.2) is 0 Å². The van der Waals surface area contributed by atoms with Gasteiger partial charge in [0.05, 0.1) is 7.11 Å². The smallest absolute Gasteiger partial charge is 0.326 e. The first-order valence-corrected chi connectivity index (χ1v) is 8.09. The van der Waals surface area contributed by atoms with Gasteiger partial charge in [-0.15, -0.1) is 0 Å². The molecule has 1 N–H and O–H groups in total. The molecule has 0 aromatic rings. The Morgan fingerprint density at radius 2 is 1.86 bits per heavy atom. The lowest BCUT2D eigenvalue weighted by Crippen LogP contribution is -2.56. The van der Waals surface area contributed by atoms with Gasteiger partial charge in [-0.1, -0.05) is 0 Å². The number of hydrogen-bond acceptors (Lipinski definition) is 5. The van der Waals surface area contributed by atoms with Crippen molar-refractivity contribution in [3.05, 3.63) is 0 Å². The van der Waals surface area contributed by atoms with E-state index in [0.717, 1.165) is 45.4 Å².